The lowest BCUT2D eigenvalue weighted by Crippen LogP contribution is -2.19. The number of likely N-dealkylation sites (N-methyl/N-ethyl adjacent to an activating group) is 1. The van der Waals surface area contributed by atoms with E-state index in [2.05, 4.69) is 54.5 Å². The fourth-order valence-electron chi connectivity index (χ4n) is 2.34. The third-order valence-corrected chi connectivity index (χ3v) is 3.33. The van der Waals surface area contributed by atoms with E-state index in [1.165, 1.54) is 22.3 Å². The van der Waals surface area contributed by atoms with Gasteiger partial charge in [0.25, 0.3) is 0 Å². The summed E-state index contributed by atoms with van der Waals surface area (Å²) in [7, 11) is 2.00. The average Bonchev–Trinajstić information content (AvgIpc) is 2.40. The van der Waals surface area contributed by atoms with E-state index in [-0.39, 0.29) is 0 Å². The molecule has 0 amide bonds. The number of pyridine rings is 1. The minimum atomic E-state index is 0.387. The number of nitrogens with zero attached hydrogens (tertiary/aromatic N) is 1. The van der Waals surface area contributed by atoms with Gasteiger partial charge in [-0.2, -0.15) is 0 Å². The quantitative estimate of drug-likeness (QED) is 0.888. The predicted molar refractivity (Wildman–Crippen MR) is 75.9 cm³/mol. The summed E-state index contributed by atoms with van der Waals surface area (Å²) in [6, 6.07) is 10.9. The Morgan fingerprint density at radius 1 is 1.11 bits per heavy atom. The van der Waals surface area contributed by atoms with Gasteiger partial charge in [-0.15, -0.1) is 0 Å². The Kier molecular flexibility index (Phi) is 4.11. The number of hydrogen-bond donors (Lipinski definition) is 1. The largest absolute Gasteiger partial charge is 0.319 e. The van der Waals surface area contributed by atoms with Gasteiger partial charge in [0.1, 0.15) is 0 Å². The molecule has 2 aromatic rings. The molecule has 1 heterocycles. The molecule has 1 atom stereocenters. The molecule has 0 aliphatic carbocycles. The lowest BCUT2D eigenvalue weighted by molar-refractivity contribution is 0.703. The van der Waals surface area contributed by atoms with Crippen LogP contribution in [0.5, 0.6) is 0 Å². The van der Waals surface area contributed by atoms with Gasteiger partial charge < -0.3 is 5.32 Å². The standard InChI is InChI=1S/C16H20N2/c1-12-4-5-13(2)15(10-12)16(11-17-3)14-6-8-18-9-7-14/h4-10,16-17H,11H2,1-3H3. The van der Waals surface area contributed by atoms with Gasteiger partial charge in [0, 0.05) is 24.9 Å². The Hall–Kier alpha value is -1.67. The van der Waals surface area contributed by atoms with Crippen LogP contribution in [0.15, 0.2) is 42.7 Å². The first-order valence-electron chi connectivity index (χ1n) is 6.34. The summed E-state index contributed by atoms with van der Waals surface area (Å²) in [6.07, 6.45) is 3.73. The molecule has 2 nitrogen and oxygen atoms in total. The molecule has 1 aromatic carbocycles. The number of aromatic nitrogens is 1. The summed E-state index contributed by atoms with van der Waals surface area (Å²) in [5.41, 5.74) is 5.37. The molecular formula is C16H20N2. The highest BCUT2D eigenvalue weighted by Crippen LogP contribution is 2.27. The number of aryl methyl sites for hydroxylation is 2. The van der Waals surface area contributed by atoms with Gasteiger partial charge in [0.15, 0.2) is 0 Å². The summed E-state index contributed by atoms with van der Waals surface area (Å²) >= 11 is 0. The van der Waals surface area contributed by atoms with Crippen molar-refractivity contribution in [2.45, 2.75) is 19.8 Å². The van der Waals surface area contributed by atoms with Crippen LogP contribution in [0.25, 0.3) is 0 Å². The van der Waals surface area contributed by atoms with E-state index in [1.54, 1.807) is 0 Å². The molecule has 0 aliphatic rings. The normalized spacial score (nSPS) is 12.4. The van der Waals surface area contributed by atoms with Crippen LogP contribution < -0.4 is 5.32 Å². The van der Waals surface area contributed by atoms with Crippen molar-refractivity contribution in [2.75, 3.05) is 13.6 Å². The number of benzene rings is 1. The van der Waals surface area contributed by atoms with Gasteiger partial charge >= 0.3 is 0 Å². The van der Waals surface area contributed by atoms with Crippen LogP contribution in [0.4, 0.5) is 0 Å². The maximum atomic E-state index is 4.10. The molecule has 0 aliphatic heterocycles. The van der Waals surface area contributed by atoms with Gasteiger partial charge in [-0.05, 0) is 49.7 Å². The zero-order valence-corrected chi connectivity index (χ0v) is 11.3. The summed E-state index contributed by atoms with van der Waals surface area (Å²) in [5.74, 6) is 0.387. The minimum Gasteiger partial charge on any atom is -0.319 e. The smallest absolute Gasteiger partial charge is 0.0270 e. The second kappa shape index (κ2) is 5.78. The summed E-state index contributed by atoms with van der Waals surface area (Å²) in [6.45, 7) is 5.26. The van der Waals surface area contributed by atoms with Crippen molar-refractivity contribution >= 4 is 0 Å². The van der Waals surface area contributed by atoms with Gasteiger partial charge in [0.2, 0.25) is 0 Å². The van der Waals surface area contributed by atoms with Crippen molar-refractivity contribution in [3.63, 3.8) is 0 Å². The van der Waals surface area contributed by atoms with E-state index in [4.69, 9.17) is 0 Å². The Labute approximate surface area is 109 Å². The van der Waals surface area contributed by atoms with Crippen LogP contribution in [0.1, 0.15) is 28.2 Å². The number of nitrogens with one attached hydrogen (secondary N) is 1. The number of rotatable bonds is 4. The molecule has 0 saturated heterocycles. The topological polar surface area (TPSA) is 24.9 Å². The van der Waals surface area contributed by atoms with E-state index in [0.717, 1.165) is 6.54 Å². The summed E-state index contributed by atoms with van der Waals surface area (Å²) in [5, 5.41) is 3.29. The fourth-order valence-corrected chi connectivity index (χ4v) is 2.34. The number of hydrogen-bond acceptors (Lipinski definition) is 2. The van der Waals surface area contributed by atoms with Crippen molar-refractivity contribution in [3.05, 3.63) is 65.0 Å². The third-order valence-electron chi connectivity index (χ3n) is 3.33. The van der Waals surface area contributed by atoms with Crippen molar-refractivity contribution in [3.8, 4) is 0 Å². The Morgan fingerprint density at radius 3 is 2.50 bits per heavy atom. The highest BCUT2D eigenvalue weighted by molar-refractivity contribution is 5.39. The lowest BCUT2D eigenvalue weighted by atomic mass is 9.88. The van der Waals surface area contributed by atoms with Gasteiger partial charge in [-0.25, -0.2) is 0 Å². The Bertz CT molecular complexity index is 506. The molecule has 1 aromatic heterocycles. The maximum Gasteiger partial charge on any atom is 0.0270 e. The molecule has 0 fully saturated rings. The first-order valence-corrected chi connectivity index (χ1v) is 6.34. The van der Waals surface area contributed by atoms with E-state index in [0.29, 0.717) is 5.92 Å². The van der Waals surface area contributed by atoms with Gasteiger partial charge in [-0.3, -0.25) is 4.98 Å². The van der Waals surface area contributed by atoms with E-state index < -0.39 is 0 Å². The van der Waals surface area contributed by atoms with E-state index in [1.807, 2.05) is 19.4 Å². The first kappa shape index (κ1) is 12.8. The summed E-state index contributed by atoms with van der Waals surface area (Å²) < 4.78 is 0. The van der Waals surface area contributed by atoms with Gasteiger partial charge in [-0.1, -0.05) is 23.8 Å². The van der Waals surface area contributed by atoms with Gasteiger partial charge in [0.05, 0.1) is 0 Å². The lowest BCUT2D eigenvalue weighted by Gasteiger charge is -2.20. The van der Waals surface area contributed by atoms with Crippen LogP contribution in [-0.4, -0.2) is 18.6 Å². The van der Waals surface area contributed by atoms with E-state index in [9.17, 15) is 0 Å². The molecule has 1 unspecified atom stereocenters. The average molecular weight is 240 g/mol. The molecule has 94 valence electrons. The monoisotopic (exact) mass is 240 g/mol. The second-order valence-corrected chi connectivity index (χ2v) is 4.75. The molecule has 18 heavy (non-hydrogen) atoms. The minimum absolute atomic E-state index is 0.387. The van der Waals surface area contributed by atoms with Crippen molar-refractivity contribution in [1.29, 1.82) is 0 Å². The summed E-state index contributed by atoms with van der Waals surface area (Å²) in [4.78, 5) is 4.10. The van der Waals surface area contributed by atoms with Crippen LogP contribution in [0.3, 0.4) is 0 Å². The predicted octanol–water partition coefficient (Wildman–Crippen LogP) is 3.05. The third kappa shape index (κ3) is 2.77. The Balaban J connectivity index is 2.44. The van der Waals surface area contributed by atoms with Crippen molar-refractivity contribution in [1.82, 2.24) is 10.3 Å². The Morgan fingerprint density at radius 2 is 1.83 bits per heavy atom. The maximum absolute atomic E-state index is 4.10. The molecule has 2 rings (SSSR count). The fraction of sp³-hybridized carbons (Fsp3) is 0.312. The molecule has 0 spiro atoms. The van der Waals surface area contributed by atoms with Crippen molar-refractivity contribution < 1.29 is 0 Å². The van der Waals surface area contributed by atoms with Crippen LogP contribution in [-0.2, 0) is 0 Å². The zero-order valence-electron chi connectivity index (χ0n) is 11.3. The molecular weight excluding hydrogens is 220 g/mol. The second-order valence-electron chi connectivity index (χ2n) is 4.75. The molecule has 0 bridgehead atoms. The van der Waals surface area contributed by atoms with E-state index >= 15 is 0 Å². The van der Waals surface area contributed by atoms with Crippen LogP contribution in [0.2, 0.25) is 0 Å². The first-order chi connectivity index (χ1) is 8.72. The van der Waals surface area contributed by atoms with Crippen LogP contribution in [0, 0.1) is 13.8 Å². The highest BCUT2D eigenvalue weighted by atomic mass is 14.8. The SMILES string of the molecule is CNCC(c1ccncc1)c1cc(C)ccc1C. The molecule has 2 heteroatoms. The van der Waals surface area contributed by atoms with Crippen LogP contribution >= 0.6 is 0 Å². The highest BCUT2D eigenvalue weighted by Gasteiger charge is 2.15. The molecule has 1 N–H and O–H groups in total. The van der Waals surface area contributed by atoms with Crippen molar-refractivity contribution in [2.24, 2.45) is 0 Å². The molecule has 0 saturated carbocycles. The zero-order chi connectivity index (χ0) is 13.0. The molecule has 0 radical (unpaired) electrons.